The predicted molar refractivity (Wildman–Crippen MR) is 58.6 cm³/mol. The summed E-state index contributed by atoms with van der Waals surface area (Å²) < 4.78 is 5.28. The maximum Gasteiger partial charge on any atom is 0.312 e. The van der Waals surface area contributed by atoms with Crippen molar-refractivity contribution in [2.24, 2.45) is 0 Å². The van der Waals surface area contributed by atoms with Gasteiger partial charge in [0, 0.05) is 6.07 Å². The molecular weight excluding hydrogens is 218 g/mol. The molecule has 0 N–H and O–H groups in total. The van der Waals surface area contributed by atoms with E-state index in [-0.39, 0.29) is 11.4 Å². The molecule has 0 bridgehead atoms. The highest BCUT2D eigenvalue weighted by Gasteiger charge is 2.17. The van der Waals surface area contributed by atoms with Crippen LogP contribution in [0, 0.1) is 17.0 Å². The molecule has 5 heteroatoms. The Labute approximate surface area is 93.0 Å². The smallest absolute Gasteiger partial charge is 0.312 e. The van der Waals surface area contributed by atoms with Crippen LogP contribution >= 0.6 is 11.6 Å². The molecule has 0 aliphatic rings. The van der Waals surface area contributed by atoms with E-state index in [9.17, 15) is 10.1 Å². The standard InChI is InChI=1S/C10H12ClNO3/c1-3-4-15-10-5-7(2)8(11)6-9(10)12(13)14/h5-6H,3-4H2,1-2H3. The highest BCUT2D eigenvalue weighted by atomic mass is 35.5. The van der Waals surface area contributed by atoms with Crippen molar-refractivity contribution in [3.05, 3.63) is 32.8 Å². The molecule has 0 spiro atoms. The Hall–Kier alpha value is -1.29. The first-order chi connectivity index (χ1) is 7.06. The molecule has 0 atom stereocenters. The molecule has 1 aromatic carbocycles. The van der Waals surface area contributed by atoms with Gasteiger partial charge in [-0.2, -0.15) is 0 Å². The molecule has 0 aliphatic carbocycles. The van der Waals surface area contributed by atoms with Crippen LogP contribution in [0.3, 0.4) is 0 Å². The Morgan fingerprint density at radius 3 is 2.73 bits per heavy atom. The van der Waals surface area contributed by atoms with Crippen molar-refractivity contribution in [2.45, 2.75) is 20.3 Å². The lowest BCUT2D eigenvalue weighted by Crippen LogP contribution is -2.00. The monoisotopic (exact) mass is 229 g/mol. The Bertz CT molecular complexity index is 379. The van der Waals surface area contributed by atoms with Crippen molar-refractivity contribution in [2.75, 3.05) is 6.61 Å². The van der Waals surface area contributed by atoms with Crippen LogP contribution in [0.15, 0.2) is 12.1 Å². The molecule has 15 heavy (non-hydrogen) atoms. The Kier molecular flexibility index (Phi) is 3.91. The van der Waals surface area contributed by atoms with Gasteiger partial charge >= 0.3 is 5.69 Å². The second kappa shape index (κ2) is 4.98. The first-order valence-electron chi connectivity index (χ1n) is 4.63. The van der Waals surface area contributed by atoms with Gasteiger partial charge in [-0.15, -0.1) is 0 Å². The summed E-state index contributed by atoms with van der Waals surface area (Å²) in [5, 5.41) is 11.1. The number of nitro benzene ring substituents is 1. The highest BCUT2D eigenvalue weighted by molar-refractivity contribution is 6.31. The molecule has 0 fully saturated rings. The van der Waals surface area contributed by atoms with E-state index in [1.54, 1.807) is 13.0 Å². The third kappa shape index (κ3) is 2.83. The largest absolute Gasteiger partial charge is 0.487 e. The van der Waals surface area contributed by atoms with Crippen LogP contribution in [0.4, 0.5) is 5.69 Å². The van der Waals surface area contributed by atoms with Gasteiger partial charge in [0.25, 0.3) is 0 Å². The van der Waals surface area contributed by atoms with Crippen LogP contribution in [-0.2, 0) is 0 Å². The molecule has 0 saturated carbocycles. The average Bonchev–Trinajstić information content (AvgIpc) is 2.19. The third-order valence-corrected chi connectivity index (χ3v) is 2.31. The van der Waals surface area contributed by atoms with Gasteiger partial charge in [-0.05, 0) is 25.0 Å². The van der Waals surface area contributed by atoms with Crippen molar-refractivity contribution < 1.29 is 9.66 Å². The van der Waals surface area contributed by atoms with E-state index < -0.39 is 4.92 Å². The summed E-state index contributed by atoms with van der Waals surface area (Å²) in [7, 11) is 0. The Morgan fingerprint density at radius 1 is 1.53 bits per heavy atom. The number of benzene rings is 1. The second-order valence-electron chi connectivity index (χ2n) is 3.17. The van der Waals surface area contributed by atoms with Gasteiger partial charge < -0.3 is 4.74 Å². The zero-order valence-corrected chi connectivity index (χ0v) is 9.37. The van der Waals surface area contributed by atoms with Gasteiger partial charge in [0.15, 0.2) is 5.75 Å². The molecule has 0 radical (unpaired) electrons. The minimum Gasteiger partial charge on any atom is -0.487 e. The summed E-state index contributed by atoms with van der Waals surface area (Å²) in [4.78, 5) is 10.2. The molecule has 0 heterocycles. The number of ether oxygens (including phenoxy) is 1. The van der Waals surface area contributed by atoms with Gasteiger partial charge in [0.05, 0.1) is 16.6 Å². The van der Waals surface area contributed by atoms with Crippen LogP contribution < -0.4 is 4.74 Å². The number of halogens is 1. The van der Waals surface area contributed by atoms with E-state index >= 15 is 0 Å². The van der Waals surface area contributed by atoms with Gasteiger partial charge in [0.2, 0.25) is 0 Å². The number of nitro groups is 1. The quantitative estimate of drug-likeness (QED) is 0.588. The number of nitrogens with zero attached hydrogens (tertiary/aromatic N) is 1. The molecule has 4 nitrogen and oxygen atoms in total. The van der Waals surface area contributed by atoms with Crippen molar-refractivity contribution in [1.29, 1.82) is 0 Å². The SMILES string of the molecule is CCCOc1cc(C)c(Cl)cc1[N+](=O)[O-]. The van der Waals surface area contributed by atoms with Gasteiger partial charge in [-0.3, -0.25) is 10.1 Å². The predicted octanol–water partition coefficient (Wildman–Crippen LogP) is 3.35. The molecule has 82 valence electrons. The minimum absolute atomic E-state index is 0.0842. The molecule has 0 aliphatic heterocycles. The number of hydrogen-bond acceptors (Lipinski definition) is 3. The summed E-state index contributed by atoms with van der Waals surface area (Å²) in [6, 6.07) is 2.91. The second-order valence-corrected chi connectivity index (χ2v) is 3.58. The molecule has 0 amide bonds. The molecule has 1 aromatic rings. The van der Waals surface area contributed by atoms with Crippen LogP contribution in [0.2, 0.25) is 5.02 Å². The van der Waals surface area contributed by atoms with Crippen molar-refractivity contribution in [3.8, 4) is 5.75 Å². The van der Waals surface area contributed by atoms with E-state index in [0.717, 1.165) is 12.0 Å². The zero-order chi connectivity index (χ0) is 11.4. The zero-order valence-electron chi connectivity index (χ0n) is 8.62. The molecule has 1 rings (SSSR count). The topological polar surface area (TPSA) is 52.4 Å². The molecule has 0 saturated heterocycles. The van der Waals surface area contributed by atoms with Crippen LogP contribution in [0.25, 0.3) is 0 Å². The normalized spacial score (nSPS) is 10.1. The summed E-state index contributed by atoms with van der Waals surface area (Å²) in [6.45, 7) is 4.18. The van der Waals surface area contributed by atoms with Crippen molar-refractivity contribution >= 4 is 17.3 Å². The molecular formula is C10H12ClNO3. The first kappa shape index (κ1) is 11.8. The summed E-state index contributed by atoms with van der Waals surface area (Å²) in [5.74, 6) is 0.281. The molecule has 0 unspecified atom stereocenters. The highest BCUT2D eigenvalue weighted by Crippen LogP contribution is 2.32. The lowest BCUT2D eigenvalue weighted by Gasteiger charge is -2.07. The Morgan fingerprint density at radius 2 is 2.20 bits per heavy atom. The summed E-state index contributed by atoms with van der Waals surface area (Å²) in [6.07, 6.45) is 0.804. The average molecular weight is 230 g/mol. The van der Waals surface area contributed by atoms with Crippen LogP contribution in [0.1, 0.15) is 18.9 Å². The van der Waals surface area contributed by atoms with Gasteiger partial charge in [-0.1, -0.05) is 18.5 Å². The lowest BCUT2D eigenvalue weighted by atomic mass is 10.2. The summed E-state index contributed by atoms with van der Waals surface area (Å²) >= 11 is 5.80. The van der Waals surface area contributed by atoms with E-state index in [4.69, 9.17) is 16.3 Å². The van der Waals surface area contributed by atoms with Crippen molar-refractivity contribution in [1.82, 2.24) is 0 Å². The minimum atomic E-state index is -0.490. The maximum atomic E-state index is 10.7. The van der Waals surface area contributed by atoms with Crippen LogP contribution in [0.5, 0.6) is 5.75 Å². The third-order valence-electron chi connectivity index (χ3n) is 1.90. The fraction of sp³-hybridized carbons (Fsp3) is 0.400. The lowest BCUT2D eigenvalue weighted by molar-refractivity contribution is -0.385. The van der Waals surface area contributed by atoms with E-state index in [1.165, 1.54) is 6.07 Å². The summed E-state index contributed by atoms with van der Waals surface area (Å²) in [5.41, 5.74) is 0.687. The first-order valence-corrected chi connectivity index (χ1v) is 5.01. The van der Waals surface area contributed by atoms with Crippen molar-refractivity contribution in [3.63, 3.8) is 0 Å². The number of hydrogen-bond donors (Lipinski definition) is 0. The fourth-order valence-corrected chi connectivity index (χ4v) is 1.27. The van der Waals surface area contributed by atoms with E-state index in [1.807, 2.05) is 6.92 Å². The molecule has 0 aromatic heterocycles. The van der Waals surface area contributed by atoms with Gasteiger partial charge in [-0.25, -0.2) is 0 Å². The Balaban J connectivity index is 3.10. The number of rotatable bonds is 4. The maximum absolute atomic E-state index is 10.7. The van der Waals surface area contributed by atoms with E-state index in [0.29, 0.717) is 11.6 Å². The van der Waals surface area contributed by atoms with Gasteiger partial charge in [0.1, 0.15) is 0 Å². The van der Waals surface area contributed by atoms with Crippen LogP contribution in [-0.4, -0.2) is 11.5 Å². The fourth-order valence-electron chi connectivity index (χ4n) is 1.11. The number of aryl methyl sites for hydroxylation is 1. The van der Waals surface area contributed by atoms with E-state index in [2.05, 4.69) is 0 Å².